The van der Waals surface area contributed by atoms with Crippen molar-refractivity contribution < 1.29 is 9.53 Å². The molecule has 138 valence electrons. The molecule has 1 amide bonds. The summed E-state index contributed by atoms with van der Waals surface area (Å²) < 4.78 is 4.25. The van der Waals surface area contributed by atoms with E-state index in [1.165, 1.54) is 24.8 Å². The molecule has 0 radical (unpaired) electrons. The molecular weight excluding hydrogens is 298 g/mol. The number of amides is 1. The second kappa shape index (κ2) is 21.4. The maximum absolute atomic E-state index is 10.3. The second-order valence-electron chi connectivity index (χ2n) is 5.63. The number of primary amides is 1. The highest BCUT2D eigenvalue weighted by atomic mass is 16.4. The van der Waals surface area contributed by atoms with Gasteiger partial charge < -0.3 is 10.5 Å². The smallest absolute Gasteiger partial charge is 0.217 e. The molecule has 3 heteroatoms. The summed E-state index contributed by atoms with van der Waals surface area (Å²) in [7, 11) is 3.25. The molecule has 0 unspecified atom stereocenters. The Bertz CT molecular complexity index is 388. The lowest BCUT2D eigenvalue weighted by Crippen LogP contribution is -2.09. The third kappa shape index (κ3) is 22.7. The third-order valence-electron chi connectivity index (χ3n) is 3.20. The first-order valence-electron chi connectivity index (χ1n) is 8.95. The Hall–Kier alpha value is -1.61. The molecule has 1 aromatic rings. The highest BCUT2D eigenvalue weighted by molar-refractivity contribution is 5.73. The Balaban J connectivity index is 0. The number of hydrogen-bond acceptors (Lipinski definition) is 2. The lowest BCUT2D eigenvalue weighted by atomic mass is 10.1. The molecule has 0 heterocycles. The standard InChI is InChI=1S/C11H14.C8H17NO.C2H6O/c1-2-3-5-8-11-9-6-4-7-10-11;1-2-3-4-5-6-7-8(9)10;1-3-2/h2-4,6-7,9-10H,5,8H2,1H3;2-7H2,1H3,(H2,9,10);1-2H3/b3-2-;;. The molecule has 0 aliphatic carbocycles. The fourth-order valence-electron chi connectivity index (χ4n) is 1.96. The van der Waals surface area contributed by atoms with Gasteiger partial charge in [0.15, 0.2) is 0 Å². The summed E-state index contributed by atoms with van der Waals surface area (Å²) >= 11 is 0. The van der Waals surface area contributed by atoms with Crippen LogP contribution in [0.1, 0.15) is 64.4 Å². The minimum atomic E-state index is -0.170. The normalized spacial score (nSPS) is 9.67. The zero-order valence-corrected chi connectivity index (χ0v) is 16.1. The van der Waals surface area contributed by atoms with Crippen LogP contribution in [0, 0.1) is 0 Å². The van der Waals surface area contributed by atoms with Crippen molar-refractivity contribution in [3.05, 3.63) is 48.0 Å². The van der Waals surface area contributed by atoms with Gasteiger partial charge in [0.25, 0.3) is 0 Å². The Morgan fingerprint density at radius 2 is 1.67 bits per heavy atom. The average molecular weight is 336 g/mol. The van der Waals surface area contributed by atoms with E-state index < -0.39 is 0 Å². The number of methoxy groups -OCH3 is 1. The van der Waals surface area contributed by atoms with Crippen LogP contribution < -0.4 is 5.73 Å². The molecule has 24 heavy (non-hydrogen) atoms. The van der Waals surface area contributed by atoms with E-state index in [1.807, 2.05) is 0 Å². The molecule has 1 aromatic carbocycles. The van der Waals surface area contributed by atoms with Gasteiger partial charge in [-0.25, -0.2) is 0 Å². The minimum absolute atomic E-state index is 0.170. The fourth-order valence-corrected chi connectivity index (χ4v) is 1.96. The molecule has 0 saturated heterocycles. The quantitative estimate of drug-likeness (QED) is 0.492. The Morgan fingerprint density at radius 3 is 2.17 bits per heavy atom. The summed E-state index contributed by atoms with van der Waals surface area (Å²) in [5.74, 6) is -0.170. The van der Waals surface area contributed by atoms with Crippen LogP contribution in [-0.4, -0.2) is 20.1 Å². The number of carbonyl (C=O) groups is 1. The molecule has 0 bridgehead atoms. The molecule has 2 N–H and O–H groups in total. The Kier molecular flexibility index (Phi) is 22.0. The summed E-state index contributed by atoms with van der Waals surface area (Å²) in [5.41, 5.74) is 6.39. The summed E-state index contributed by atoms with van der Waals surface area (Å²) in [6.07, 6.45) is 13.1. The third-order valence-corrected chi connectivity index (χ3v) is 3.20. The highest BCUT2D eigenvalue weighted by Crippen LogP contribution is 2.04. The average Bonchev–Trinajstić information content (AvgIpc) is 2.57. The minimum Gasteiger partial charge on any atom is -0.388 e. The molecule has 0 fully saturated rings. The lowest BCUT2D eigenvalue weighted by Gasteiger charge is -1.95. The largest absolute Gasteiger partial charge is 0.388 e. The van der Waals surface area contributed by atoms with E-state index in [0.29, 0.717) is 6.42 Å². The van der Waals surface area contributed by atoms with Gasteiger partial charge in [0.2, 0.25) is 5.91 Å². The Labute approximate surface area is 149 Å². The van der Waals surface area contributed by atoms with Crippen molar-refractivity contribution in [1.82, 2.24) is 0 Å². The maximum atomic E-state index is 10.3. The van der Waals surface area contributed by atoms with Crippen molar-refractivity contribution in [2.24, 2.45) is 5.73 Å². The van der Waals surface area contributed by atoms with Gasteiger partial charge in [-0.05, 0) is 31.7 Å². The van der Waals surface area contributed by atoms with Crippen LogP contribution in [0.4, 0.5) is 0 Å². The van der Waals surface area contributed by atoms with Crippen LogP contribution in [0.25, 0.3) is 0 Å². The first-order chi connectivity index (χ1) is 11.6. The Morgan fingerprint density at radius 1 is 1.08 bits per heavy atom. The summed E-state index contributed by atoms with van der Waals surface area (Å²) in [4.78, 5) is 10.3. The van der Waals surface area contributed by atoms with Crippen LogP contribution in [0.2, 0.25) is 0 Å². The van der Waals surface area contributed by atoms with Gasteiger partial charge >= 0.3 is 0 Å². The predicted octanol–water partition coefficient (Wildman–Crippen LogP) is 5.29. The predicted molar refractivity (Wildman–Crippen MR) is 105 cm³/mol. The number of benzene rings is 1. The van der Waals surface area contributed by atoms with Crippen molar-refractivity contribution in [1.29, 1.82) is 0 Å². The van der Waals surface area contributed by atoms with E-state index in [1.54, 1.807) is 14.2 Å². The molecule has 0 aliphatic heterocycles. The van der Waals surface area contributed by atoms with Gasteiger partial charge in [-0.3, -0.25) is 4.79 Å². The van der Waals surface area contributed by atoms with Crippen LogP contribution in [0.3, 0.4) is 0 Å². The van der Waals surface area contributed by atoms with Crippen LogP contribution in [0.5, 0.6) is 0 Å². The van der Waals surface area contributed by atoms with Crippen molar-refractivity contribution in [3.8, 4) is 0 Å². The molecule has 0 spiro atoms. The van der Waals surface area contributed by atoms with Gasteiger partial charge in [-0.1, -0.05) is 75.1 Å². The van der Waals surface area contributed by atoms with Crippen LogP contribution in [0.15, 0.2) is 42.5 Å². The monoisotopic (exact) mass is 335 g/mol. The zero-order chi connectivity index (χ0) is 18.5. The summed E-state index contributed by atoms with van der Waals surface area (Å²) in [5, 5.41) is 0. The summed E-state index contributed by atoms with van der Waals surface area (Å²) in [6.45, 7) is 4.24. The SMILES string of the molecule is C/C=C\CCc1ccccc1.CCCCCCCC(N)=O.COC. The van der Waals surface area contributed by atoms with E-state index in [-0.39, 0.29) is 5.91 Å². The molecular formula is C21H37NO2. The van der Waals surface area contributed by atoms with Crippen molar-refractivity contribution >= 4 is 5.91 Å². The van der Waals surface area contributed by atoms with Crippen LogP contribution in [-0.2, 0) is 16.0 Å². The number of ether oxygens (including phenoxy) is 1. The topological polar surface area (TPSA) is 52.3 Å². The maximum Gasteiger partial charge on any atom is 0.217 e. The first kappa shape index (κ1) is 24.6. The van der Waals surface area contributed by atoms with Gasteiger partial charge in [0.05, 0.1) is 0 Å². The number of rotatable bonds is 9. The van der Waals surface area contributed by atoms with E-state index in [0.717, 1.165) is 25.7 Å². The van der Waals surface area contributed by atoms with Gasteiger partial charge in [-0.2, -0.15) is 0 Å². The molecule has 0 aliphatic rings. The van der Waals surface area contributed by atoms with Gasteiger partial charge in [0, 0.05) is 20.6 Å². The molecule has 3 nitrogen and oxygen atoms in total. The first-order valence-corrected chi connectivity index (χ1v) is 8.95. The van der Waals surface area contributed by atoms with Crippen molar-refractivity contribution in [3.63, 3.8) is 0 Å². The molecule has 0 saturated carbocycles. The number of nitrogens with two attached hydrogens (primary N) is 1. The van der Waals surface area contributed by atoms with Crippen LogP contribution >= 0.6 is 0 Å². The number of carbonyl (C=O) groups excluding carboxylic acids is 1. The molecule has 0 aromatic heterocycles. The summed E-state index contributed by atoms with van der Waals surface area (Å²) in [6, 6.07) is 10.6. The molecule has 1 rings (SSSR count). The molecule has 0 atom stereocenters. The van der Waals surface area contributed by atoms with Crippen molar-refractivity contribution in [2.45, 2.75) is 65.2 Å². The second-order valence-corrected chi connectivity index (χ2v) is 5.63. The number of aryl methyl sites for hydroxylation is 1. The lowest BCUT2D eigenvalue weighted by molar-refractivity contribution is -0.118. The van der Waals surface area contributed by atoms with Gasteiger partial charge in [-0.15, -0.1) is 0 Å². The zero-order valence-electron chi connectivity index (χ0n) is 16.1. The fraction of sp³-hybridized carbons (Fsp3) is 0.571. The van der Waals surface area contributed by atoms with E-state index in [2.05, 4.69) is 61.1 Å². The number of allylic oxidation sites excluding steroid dienone is 2. The van der Waals surface area contributed by atoms with E-state index in [9.17, 15) is 4.79 Å². The highest BCUT2D eigenvalue weighted by Gasteiger charge is 1.92. The van der Waals surface area contributed by atoms with Gasteiger partial charge in [0.1, 0.15) is 0 Å². The number of hydrogen-bond donors (Lipinski definition) is 1. The van der Waals surface area contributed by atoms with Crippen molar-refractivity contribution in [2.75, 3.05) is 14.2 Å². The van der Waals surface area contributed by atoms with E-state index >= 15 is 0 Å². The van der Waals surface area contributed by atoms with E-state index in [4.69, 9.17) is 5.73 Å². The number of unbranched alkanes of at least 4 members (excludes halogenated alkanes) is 4.